The van der Waals surface area contributed by atoms with Crippen molar-refractivity contribution in [3.63, 3.8) is 0 Å². The first-order valence-electron chi connectivity index (χ1n) is 11.8. The highest BCUT2D eigenvalue weighted by molar-refractivity contribution is 7.99. The van der Waals surface area contributed by atoms with Gasteiger partial charge in [-0.15, -0.1) is 0 Å². The molecular formula is C27H31N3O2S. The number of aromatic nitrogens is 2. The van der Waals surface area contributed by atoms with Gasteiger partial charge in [-0.3, -0.25) is 14.2 Å². The summed E-state index contributed by atoms with van der Waals surface area (Å²) in [5, 5.41) is 1.25. The van der Waals surface area contributed by atoms with E-state index < -0.39 is 0 Å². The Morgan fingerprint density at radius 3 is 2.64 bits per heavy atom. The molecular weight excluding hydrogens is 430 g/mol. The number of amides is 1. The van der Waals surface area contributed by atoms with Gasteiger partial charge < -0.3 is 4.90 Å². The Bertz CT molecular complexity index is 1190. The summed E-state index contributed by atoms with van der Waals surface area (Å²) in [6, 6.07) is 17.5. The molecule has 0 aliphatic heterocycles. The van der Waals surface area contributed by atoms with Crippen LogP contribution in [0.5, 0.6) is 0 Å². The maximum Gasteiger partial charge on any atom is 0.262 e. The number of thioether (sulfide) groups is 1. The third-order valence-electron chi connectivity index (χ3n) is 6.14. The van der Waals surface area contributed by atoms with Crippen molar-refractivity contribution in [1.82, 2.24) is 14.5 Å². The molecule has 0 saturated heterocycles. The molecule has 4 rings (SSSR count). The molecule has 0 saturated carbocycles. The Morgan fingerprint density at radius 2 is 1.88 bits per heavy atom. The Balaban J connectivity index is 1.53. The highest BCUT2D eigenvalue weighted by Gasteiger charge is 2.17. The van der Waals surface area contributed by atoms with Gasteiger partial charge in [0.15, 0.2) is 5.16 Å². The third kappa shape index (κ3) is 5.93. The fraction of sp³-hybridized carbons (Fsp3) is 0.370. The normalized spacial score (nSPS) is 13.7. The van der Waals surface area contributed by atoms with Gasteiger partial charge in [0.1, 0.15) is 0 Å². The van der Waals surface area contributed by atoms with Gasteiger partial charge in [0, 0.05) is 19.6 Å². The molecule has 0 spiro atoms. The van der Waals surface area contributed by atoms with Crippen LogP contribution >= 0.6 is 11.8 Å². The maximum atomic E-state index is 13.3. The molecule has 3 aromatic rings. The molecule has 0 radical (unpaired) electrons. The number of para-hydroxylation sites is 1. The van der Waals surface area contributed by atoms with Crippen LogP contribution in [0.1, 0.15) is 44.6 Å². The summed E-state index contributed by atoms with van der Waals surface area (Å²) < 4.78 is 1.77. The average Bonchev–Trinajstić information content (AvgIpc) is 2.86. The zero-order valence-corrected chi connectivity index (χ0v) is 20.0. The Hall–Kier alpha value is -2.86. The van der Waals surface area contributed by atoms with Crippen molar-refractivity contribution in [3.05, 3.63) is 82.2 Å². The van der Waals surface area contributed by atoms with Crippen LogP contribution < -0.4 is 5.56 Å². The highest BCUT2D eigenvalue weighted by Crippen LogP contribution is 2.23. The summed E-state index contributed by atoms with van der Waals surface area (Å²) in [6.07, 6.45) is 7.90. The molecule has 0 bridgehead atoms. The second-order valence-corrected chi connectivity index (χ2v) is 9.35. The Labute approximate surface area is 199 Å². The van der Waals surface area contributed by atoms with Crippen molar-refractivity contribution in [3.8, 4) is 0 Å². The van der Waals surface area contributed by atoms with Crippen molar-refractivity contribution in [2.45, 2.75) is 57.3 Å². The van der Waals surface area contributed by atoms with Gasteiger partial charge in [-0.2, -0.15) is 0 Å². The average molecular weight is 462 g/mol. The van der Waals surface area contributed by atoms with Gasteiger partial charge in [-0.1, -0.05) is 65.9 Å². The van der Waals surface area contributed by atoms with Gasteiger partial charge in [-0.25, -0.2) is 4.98 Å². The van der Waals surface area contributed by atoms with Crippen LogP contribution in [0.25, 0.3) is 10.9 Å². The fourth-order valence-electron chi connectivity index (χ4n) is 4.24. The van der Waals surface area contributed by atoms with Crippen molar-refractivity contribution in [1.29, 1.82) is 0 Å². The van der Waals surface area contributed by atoms with Crippen LogP contribution in [0.2, 0.25) is 0 Å². The number of carbonyl (C=O) groups is 1. The topological polar surface area (TPSA) is 55.2 Å². The largest absolute Gasteiger partial charge is 0.338 e. The lowest BCUT2D eigenvalue weighted by Gasteiger charge is -2.21. The molecule has 0 fully saturated rings. The van der Waals surface area contributed by atoms with Crippen LogP contribution in [0, 0.1) is 0 Å². The lowest BCUT2D eigenvalue weighted by Crippen LogP contribution is -2.32. The Kier molecular flexibility index (Phi) is 8.00. The van der Waals surface area contributed by atoms with Crippen molar-refractivity contribution < 1.29 is 4.79 Å². The zero-order valence-electron chi connectivity index (χ0n) is 19.2. The number of carbonyl (C=O) groups excluding carboxylic acids is 1. The smallest absolute Gasteiger partial charge is 0.262 e. The molecule has 1 aromatic heterocycles. The molecule has 0 atom stereocenters. The SMILES string of the molecule is CCN(Cc1ccccc1)C(=O)CSc1nc2ccccc2c(=O)n1CCC1=CCCCC1. The number of hydrogen-bond donors (Lipinski definition) is 0. The predicted molar refractivity (Wildman–Crippen MR) is 135 cm³/mol. The van der Waals surface area contributed by atoms with E-state index in [-0.39, 0.29) is 17.2 Å². The van der Waals surface area contributed by atoms with Crippen LogP contribution in [0.15, 0.2) is 76.2 Å². The molecule has 1 amide bonds. The number of hydrogen-bond acceptors (Lipinski definition) is 4. The minimum atomic E-state index is -0.0245. The first-order valence-corrected chi connectivity index (χ1v) is 12.8. The molecule has 172 valence electrons. The monoisotopic (exact) mass is 461 g/mol. The van der Waals surface area contributed by atoms with Gasteiger partial charge >= 0.3 is 0 Å². The highest BCUT2D eigenvalue weighted by atomic mass is 32.2. The minimum absolute atomic E-state index is 0.0245. The summed E-state index contributed by atoms with van der Waals surface area (Å²) >= 11 is 1.37. The summed E-state index contributed by atoms with van der Waals surface area (Å²) in [5.74, 6) is 0.309. The summed E-state index contributed by atoms with van der Waals surface area (Å²) in [4.78, 5) is 32.9. The predicted octanol–water partition coefficient (Wildman–Crippen LogP) is 5.43. The maximum absolute atomic E-state index is 13.3. The number of rotatable bonds is 9. The summed E-state index contributed by atoms with van der Waals surface area (Å²) in [5.41, 5.74) is 3.19. The van der Waals surface area contributed by atoms with E-state index in [1.165, 1.54) is 30.2 Å². The zero-order chi connectivity index (χ0) is 23.0. The molecule has 2 aromatic carbocycles. The van der Waals surface area contributed by atoms with Crippen LogP contribution in [-0.4, -0.2) is 32.7 Å². The van der Waals surface area contributed by atoms with E-state index in [0.717, 1.165) is 24.8 Å². The van der Waals surface area contributed by atoms with Gasteiger partial charge in [0.25, 0.3) is 5.56 Å². The number of allylic oxidation sites excluding steroid dienone is 2. The van der Waals surface area contributed by atoms with Crippen LogP contribution in [0.4, 0.5) is 0 Å². The van der Waals surface area contributed by atoms with E-state index in [1.807, 2.05) is 66.4 Å². The minimum Gasteiger partial charge on any atom is -0.338 e. The molecule has 1 aliphatic rings. The van der Waals surface area contributed by atoms with Crippen molar-refractivity contribution >= 4 is 28.6 Å². The van der Waals surface area contributed by atoms with Crippen LogP contribution in [-0.2, 0) is 17.9 Å². The van der Waals surface area contributed by atoms with E-state index in [2.05, 4.69) is 6.08 Å². The van der Waals surface area contributed by atoms with E-state index in [4.69, 9.17) is 4.98 Å². The molecule has 6 heteroatoms. The van der Waals surface area contributed by atoms with Crippen molar-refractivity contribution in [2.75, 3.05) is 12.3 Å². The first kappa shape index (κ1) is 23.3. The van der Waals surface area contributed by atoms with E-state index in [1.54, 1.807) is 4.57 Å². The van der Waals surface area contributed by atoms with E-state index >= 15 is 0 Å². The molecule has 33 heavy (non-hydrogen) atoms. The fourth-order valence-corrected chi connectivity index (χ4v) is 5.17. The third-order valence-corrected chi connectivity index (χ3v) is 7.10. The second kappa shape index (κ2) is 11.3. The lowest BCUT2D eigenvalue weighted by molar-refractivity contribution is -0.128. The molecule has 1 heterocycles. The molecule has 0 unspecified atom stereocenters. The lowest BCUT2D eigenvalue weighted by atomic mass is 9.97. The van der Waals surface area contributed by atoms with Crippen molar-refractivity contribution in [2.24, 2.45) is 0 Å². The van der Waals surface area contributed by atoms with E-state index in [9.17, 15) is 9.59 Å². The molecule has 5 nitrogen and oxygen atoms in total. The molecule has 1 aliphatic carbocycles. The number of fused-ring (bicyclic) bond motifs is 1. The van der Waals surface area contributed by atoms with Gasteiger partial charge in [0.2, 0.25) is 5.91 Å². The summed E-state index contributed by atoms with van der Waals surface area (Å²) in [7, 11) is 0. The van der Waals surface area contributed by atoms with Crippen LogP contribution in [0.3, 0.4) is 0 Å². The van der Waals surface area contributed by atoms with Gasteiger partial charge in [0.05, 0.1) is 16.7 Å². The number of benzene rings is 2. The summed E-state index contributed by atoms with van der Waals surface area (Å²) in [6.45, 7) is 3.82. The first-order chi connectivity index (χ1) is 16.2. The Morgan fingerprint density at radius 1 is 1.09 bits per heavy atom. The quantitative estimate of drug-likeness (QED) is 0.242. The number of nitrogens with zero attached hydrogens (tertiary/aromatic N) is 3. The molecule has 0 N–H and O–H groups in total. The van der Waals surface area contributed by atoms with Gasteiger partial charge in [-0.05, 0) is 56.7 Å². The standard InChI is InChI=1S/C27H31N3O2S/c1-2-29(19-22-13-7-4-8-14-22)25(31)20-33-27-28-24-16-10-9-15-23(24)26(32)30(27)18-17-21-11-5-3-6-12-21/h4,7-11,13-16H,2-3,5-6,12,17-20H2,1H3. The second-order valence-electron chi connectivity index (χ2n) is 8.41. The van der Waals surface area contributed by atoms with E-state index in [0.29, 0.717) is 35.7 Å².